The number of anilines is 1. The molecule has 1 unspecified atom stereocenters. The second kappa shape index (κ2) is 10.8. The Morgan fingerprint density at radius 3 is 2.50 bits per heavy atom. The van der Waals surface area contributed by atoms with Gasteiger partial charge >= 0.3 is 11.8 Å². The molecule has 1 aliphatic heterocycles. The van der Waals surface area contributed by atoms with Gasteiger partial charge in [-0.25, -0.2) is 0 Å². The number of amides is 3. The third-order valence-electron chi connectivity index (χ3n) is 4.95. The molecule has 1 aliphatic rings. The molecule has 1 fully saturated rings. The first-order chi connectivity index (χ1) is 13.3. The summed E-state index contributed by atoms with van der Waals surface area (Å²) in [6.07, 6.45) is 3.66. The fourth-order valence-corrected chi connectivity index (χ4v) is 3.30. The van der Waals surface area contributed by atoms with Gasteiger partial charge in [-0.1, -0.05) is 19.1 Å². The van der Waals surface area contributed by atoms with E-state index < -0.39 is 11.8 Å². The average Bonchev–Trinajstić information content (AvgIpc) is 2.66. The molecule has 0 aliphatic carbocycles. The minimum atomic E-state index is -0.677. The Morgan fingerprint density at radius 2 is 1.86 bits per heavy atom. The second-order valence-corrected chi connectivity index (χ2v) is 7.77. The highest BCUT2D eigenvalue weighted by atomic mass is 16.2. The number of nitrogens with one attached hydrogen (secondary N) is 2. The highest BCUT2D eigenvalue weighted by Crippen LogP contribution is 2.15. The summed E-state index contributed by atoms with van der Waals surface area (Å²) in [6, 6.07) is 6.94. The maximum Gasteiger partial charge on any atom is 0.313 e. The van der Waals surface area contributed by atoms with Gasteiger partial charge in [0, 0.05) is 32.9 Å². The lowest BCUT2D eigenvalue weighted by molar-refractivity contribution is -0.136. The zero-order valence-electron chi connectivity index (χ0n) is 17.2. The Balaban J connectivity index is 1.68. The second-order valence-electron chi connectivity index (χ2n) is 7.77. The molecule has 3 amide bonds. The molecule has 0 saturated carbocycles. The number of benzene rings is 1. The van der Waals surface area contributed by atoms with Crippen molar-refractivity contribution in [2.75, 3.05) is 45.6 Å². The van der Waals surface area contributed by atoms with Crippen LogP contribution in [0.2, 0.25) is 0 Å². The van der Waals surface area contributed by atoms with Gasteiger partial charge in [-0.15, -0.1) is 0 Å². The van der Waals surface area contributed by atoms with Crippen LogP contribution in [0.25, 0.3) is 0 Å². The summed E-state index contributed by atoms with van der Waals surface area (Å²) in [5, 5.41) is 5.26. The van der Waals surface area contributed by atoms with Crippen LogP contribution in [0.4, 0.5) is 5.69 Å². The van der Waals surface area contributed by atoms with Crippen molar-refractivity contribution in [1.82, 2.24) is 15.1 Å². The molecule has 154 valence electrons. The first kappa shape index (κ1) is 21.9. The Kier molecular flexibility index (Phi) is 8.44. The molecule has 1 heterocycles. The first-order valence-corrected chi connectivity index (χ1v) is 9.95. The number of carbonyl (C=O) groups excluding carboxylic acids is 3. The third-order valence-corrected chi connectivity index (χ3v) is 4.95. The Morgan fingerprint density at radius 1 is 1.14 bits per heavy atom. The summed E-state index contributed by atoms with van der Waals surface area (Å²) < 4.78 is 0. The van der Waals surface area contributed by atoms with E-state index in [-0.39, 0.29) is 5.91 Å². The number of likely N-dealkylation sites (tertiary alicyclic amines) is 1. The van der Waals surface area contributed by atoms with E-state index in [0.717, 1.165) is 37.5 Å². The van der Waals surface area contributed by atoms with E-state index in [1.807, 2.05) is 0 Å². The van der Waals surface area contributed by atoms with Gasteiger partial charge in [0.1, 0.15) is 0 Å². The van der Waals surface area contributed by atoms with Crippen LogP contribution in [0.15, 0.2) is 24.3 Å². The van der Waals surface area contributed by atoms with Crippen molar-refractivity contribution in [3.8, 4) is 0 Å². The number of likely N-dealkylation sites (N-methyl/N-ethyl adjacent to an activating group) is 1. The van der Waals surface area contributed by atoms with Gasteiger partial charge < -0.3 is 20.4 Å². The summed E-state index contributed by atoms with van der Waals surface area (Å²) in [5.74, 6) is -0.556. The standard InChI is InChI=1S/C21H32N4O3/c1-16-6-4-12-25(15-16)13-5-11-22-20(27)21(28)23-18-9-7-17(8-10-18)14-19(26)24(2)3/h7-10,16H,4-6,11-15H2,1-3H3,(H,22,27)(H,23,28). The number of hydrogen-bond acceptors (Lipinski definition) is 4. The van der Waals surface area contributed by atoms with Crippen molar-refractivity contribution < 1.29 is 14.4 Å². The molecule has 1 aromatic rings. The maximum absolute atomic E-state index is 12.0. The number of hydrogen-bond donors (Lipinski definition) is 2. The summed E-state index contributed by atoms with van der Waals surface area (Å²) in [7, 11) is 3.42. The maximum atomic E-state index is 12.0. The van der Waals surface area contributed by atoms with Crippen LogP contribution in [0, 0.1) is 5.92 Å². The summed E-state index contributed by atoms with van der Waals surface area (Å²) in [5.41, 5.74) is 1.39. The van der Waals surface area contributed by atoms with Gasteiger partial charge in [-0.05, 0) is 56.0 Å². The largest absolute Gasteiger partial charge is 0.349 e. The van der Waals surface area contributed by atoms with Crippen LogP contribution in [-0.2, 0) is 20.8 Å². The molecule has 0 aromatic heterocycles. The van der Waals surface area contributed by atoms with E-state index in [0.29, 0.717) is 18.7 Å². The van der Waals surface area contributed by atoms with Crippen LogP contribution in [0.3, 0.4) is 0 Å². The summed E-state index contributed by atoms with van der Waals surface area (Å²) in [4.78, 5) is 39.6. The van der Waals surface area contributed by atoms with Crippen molar-refractivity contribution in [3.05, 3.63) is 29.8 Å². The molecule has 1 saturated heterocycles. The van der Waals surface area contributed by atoms with Gasteiger partial charge in [-0.2, -0.15) is 0 Å². The summed E-state index contributed by atoms with van der Waals surface area (Å²) in [6.45, 7) is 5.94. The van der Waals surface area contributed by atoms with Gasteiger partial charge in [0.25, 0.3) is 0 Å². The van der Waals surface area contributed by atoms with Crippen LogP contribution >= 0.6 is 0 Å². The van der Waals surface area contributed by atoms with Crippen molar-refractivity contribution in [3.63, 3.8) is 0 Å². The normalized spacial score (nSPS) is 17.0. The molecule has 0 spiro atoms. The third kappa shape index (κ3) is 7.31. The lowest BCUT2D eigenvalue weighted by atomic mass is 10.0. The molecule has 2 N–H and O–H groups in total. The van der Waals surface area contributed by atoms with E-state index in [1.54, 1.807) is 38.4 Å². The number of rotatable bonds is 7. The average molecular weight is 389 g/mol. The zero-order chi connectivity index (χ0) is 20.5. The van der Waals surface area contributed by atoms with Crippen LogP contribution < -0.4 is 10.6 Å². The molecule has 7 heteroatoms. The fraction of sp³-hybridized carbons (Fsp3) is 0.571. The first-order valence-electron chi connectivity index (χ1n) is 9.95. The summed E-state index contributed by atoms with van der Waals surface area (Å²) >= 11 is 0. The van der Waals surface area contributed by atoms with E-state index in [9.17, 15) is 14.4 Å². The SMILES string of the molecule is CC1CCCN(CCCNC(=O)C(=O)Nc2ccc(CC(=O)N(C)C)cc2)C1. The lowest BCUT2D eigenvalue weighted by Gasteiger charge is -2.30. The Bertz CT molecular complexity index is 673. The topological polar surface area (TPSA) is 81.8 Å². The van der Waals surface area contributed by atoms with E-state index in [4.69, 9.17) is 0 Å². The van der Waals surface area contributed by atoms with Crippen LogP contribution in [-0.4, -0.2) is 67.8 Å². The number of nitrogens with zero attached hydrogens (tertiary/aromatic N) is 2. The van der Waals surface area contributed by atoms with Crippen molar-refractivity contribution in [2.45, 2.75) is 32.6 Å². The molecule has 2 rings (SSSR count). The van der Waals surface area contributed by atoms with E-state index in [1.165, 1.54) is 17.7 Å². The molecule has 28 heavy (non-hydrogen) atoms. The molecule has 0 radical (unpaired) electrons. The van der Waals surface area contributed by atoms with Gasteiger partial charge in [0.2, 0.25) is 5.91 Å². The molecule has 1 atom stereocenters. The molecule has 1 aromatic carbocycles. The Hall–Kier alpha value is -2.41. The molecular formula is C21H32N4O3. The predicted molar refractivity (Wildman–Crippen MR) is 110 cm³/mol. The van der Waals surface area contributed by atoms with Crippen LogP contribution in [0.5, 0.6) is 0 Å². The lowest BCUT2D eigenvalue weighted by Crippen LogP contribution is -2.39. The van der Waals surface area contributed by atoms with Gasteiger partial charge in [0.05, 0.1) is 6.42 Å². The number of carbonyl (C=O) groups is 3. The molecular weight excluding hydrogens is 356 g/mol. The fourth-order valence-electron chi connectivity index (χ4n) is 3.30. The van der Waals surface area contributed by atoms with Crippen molar-refractivity contribution in [1.29, 1.82) is 0 Å². The number of piperidine rings is 1. The van der Waals surface area contributed by atoms with E-state index >= 15 is 0 Å². The van der Waals surface area contributed by atoms with Gasteiger partial charge in [0.15, 0.2) is 0 Å². The highest BCUT2D eigenvalue weighted by molar-refractivity contribution is 6.39. The minimum Gasteiger partial charge on any atom is -0.349 e. The quantitative estimate of drug-likeness (QED) is 0.548. The smallest absolute Gasteiger partial charge is 0.313 e. The minimum absolute atomic E-state index is 0.00942. The highest BCUT2D eigenvalue weighted by Gasteiger charge is 2.16. The van der Waals surface area contributed by atoms with Crippen molar-refractivity contribution >= 4 is 23.4 Å². The molecule has 0 bridgehead atoms. The monoisotopic (exact) mass is 388 g/mol. The van der Waals surface area contributed by atoms with Crippen LogP contribution in [0.1, 0.15) is 31.7 Å². The van der Waals surface area contributed by atoms with Crippen molar-refractivity contribution in [2.24, 2.45) is 5.92 Å². The zero-order valence-corrected chi connectivity index (χ0v) is 17.2. The van der Waals surface area contributed by atoms with Gasteiger partial charge in [-0.3, -0.25) is 14.4 Å². The Labute approximate surface area is 167 Å². The predicted octanol–water partition coefficient (Wildman–Crippen LogP) is 1.49. The van der Waals surface area contributed by atoms with E-state index in [2.05, 4.69) is 22.5 Å². The molecule has 7 nitrogen and oxygen atoms in total.